The van der Waals surface area contributed by atoms with Crippen molar-refractivity contribution in [1.82, 2.24) is 9.88 Å². The van der Waals surface area contributed by atoms with E-state index in [0.717, 1.165) is 17.1 Å². The molecule has 5 heteroatoms. The van der Waals surface area contributed by atoms with Gasteiger partial charge in [0.15, 0.2) is 0 Å². The van der Waals surface area contributed by atoms with E-state index in [4.69, 9.17) is 16.3 Å². The topological polar surface area (TPSA) is 25.4 Å². The van der Waals surface area contributed by atoms with Crippen LogP contribution in [0.25, 0.3) is 0 Å². The highest BCUT2D eigenvalue weighted by molar-refractivity contribution is 9.10. The van der Waals surface area contributed by atoms with Crippen LogP contribution in [-0.4, -0.2) is 36.1 Å². The van der Waals surface area contributed by atoms with E-state index in [2.05, 4.69) is 32.9 Å². The van der Waals surface area contributed by atoms with Gasteiger partial charge >= 0.3 is 0 Å². The molecule has 1 aromatic heterocycles. The number of pyridine rings is 1. The summed E-state index contributed by atoms with van der Waals surface area (Å²) >= 11 is 9.29. The van der Waals surface area contributed by atoms with E-state index in [1.54, 1.807) is 12.3 Å². The summed E-state index contributed by atoms with van der Waals surface area (Å²) in [6.07, 6.45) is 4.31. The molecule has 0 saturated heterocycles. The number of ether oxygens (including phenoxy) is 1. The summed E-state index contributed by atoms with van der Waals surface area (Å²) < 4.78 is 6.40. The molecular weight excluding hydrogens is 291 g/mol. The van der Waals surface area contributed by atoms with Gasteiger partial charge in [0.1, 0.15) is 11.6 Å². The predicted molar refractivity (Wildman–Crippen MR) is 68.1 cm³/mol. The van der Waals surface area contributed by atoms with Crippen molar-refractivity contribution >= 4 is 27.5 Å². The third-order valence-electron chi connectivity index (χ3n) is 2.63. The maximum absolute atomic E-state index is 5.99. The minimum absolute atomic E-state index is 0.508. The summed E-state index contributed by atoms with van der Waals surface area (Å²) in [5, 5.41) is 0.545. The molecule has 16 heavy (non-hydrogen) atoms. The van der Waals surface area contributed by atoms with Crippen molar-refractivity contribution in [3.8, 4) is 5.88 Å². The summed E-state index contributed by atoms with van der Waals surface area (Å²) in [5.74, 6) is 0.508. The fraction of sp³-hybridized carbons (Fsp3) is 0.545. The van der Waals surface area contributed by atoms with Crippen molar-refractivity contribution in [2.75, 3.05) is 20.2 Å². The molecule has 0 N–H and O–H groups in total. The maximum atomic E-state index is 5.99. The lowest BCUT2D eigenvalue weighted by Crippen LogP contribution is -2.26. The summed E-state index contributed by atoms with van der Waals surface area (Å²) in [6, 6.07) is 2.55. The molecular formula is C11H14BrClN2O. The number of hydrogen-bond acceptors (Lipinski definition) is 3. The Hall–Kier alpha value is -0.320. The summed E-state index contributed by atoms with van der Waals surface area (Å²) in [5.41, 5.74) is 0. The van der Waals surface area contributed by atoms with Crippen molar-refractivity contribution in [1.29, 1.82) is 0 Å². The van der Waals surface area contributed by atoms with Gasteiger partial charge in [-0.15, -0.1) is 0 Å². The van der Waals surface area contributed by atoms with E-state index in [0.29, 0.717) is 17.5 Å². The molecule has 0 aliphatic heterocycles. The molecule has 3 nitrogen and oxygen atoms in total. The number of likely N-dealkylation sites (N-methyl/N-ethyl adjacent to an activating group) is 1. The van der Waals surface area contributed by atoms with Crippen LogP contribution in [0.5, 0.6) is 5.88 Å². The van der Waals surface area contributed by atoms with Crippen molar-refractivity contribution in [3.63, 3.8) is 0 Å². The van der Waals surface area contributed by atoms with Crippen molar-refractivity contribution in [2.45, 2.75) is 18.9 Å². The van der Waals surface area contributed by atoms with Gasteiger partial charge in [-0.25, -0.2) is 4.98 Å². The minimum atomic E-state index is 0.508. The second-order valence-electron chi connectivity index (χ2n) is 4.00. The van der Waals surface area contributed by atoms with E-state index >= 15 is 0 Å². The predicted octanol–water partition coefficient (Wildman–Crippen LogP) is 2.97. The Morgan fingerprint density at radius 1 is 1.62 bits per heavy atom. The quantitative estimate of drug-likeness (QED) is 0.836. The largest absolute Gasteiger partial charge is 0.475 e. The molecule has 0 bridgehead atoms. The highest BCUT2D eigenvalue weighted by Crippen LogP contribution is 2.26. The second kappa shape index (κ2) is 5.34. The van der Waals surface area contributed by atoms with Crippen molar-refractivity contribution in [2.24, 2.45) is 0 Å². The summed E-state index contributed by atoms with van der Waals surface area (Å²) in [6.45, 7) is 1.54. The fourth-order valence-corrected chi connectivity index (χ4v) is 2.18. The molecule has 0 atom stereocenters. The van der Waals surface area contributed by atoms with Gasteiger partial charge < -0.3 is 9.64 Å². The van der Waals surface area contributed by atoms with Gasteiger partial charge in [0.25, 0.3) is 0 Å². The zero-order chi connectivity index (χ0) is 11.5. The highest BCUT2D eigenvalue weighted by Gasteiger charge is 2.25. The van der Waals surface area contributed by atoms with Crippen LogP contribution < -0.4 is 4.74 Å². The third kappa shape index (κ3) is 3.34. The van der Waals surface area contributed by atoms with E-state index < -0.39 is 0 Å². The minimum Gasteiger partial charge on any atom is -0.475 e. The smallest absolute Gasteiger partial charge is 0.232 e. The number of hydrogen-bond donors (Lipinski definition) is 0. The van der Waals surface area contributed by atoms with Gasteiger partial charge in [0.05, 0.1) is 0 Å². The lowest BCUT2D eigenvalue weighted by Gasteiger charge is -2.15. The summed E-state index contributed by atoms with van der Waals surface area (Å²) in [7, 11) is 2.12. The fourth-order valence-electron chi connectivity index (χ4n) is 1.49. The average molecular weight is 306 g/mol. The molecule has 1 aromatic rings. The Morgan fingerprint density at radius 2 is 2.38 bits per heavy atom. The molecule has 88 valence electrons. The van der Waals surface area contributed by atoms with Gasteiger partial charge in [0.2, 0.25) is 5.88 Å². The van der Waals surface area contributed by atoms with Crippen LogP contribution in [0.3, 0.4) is 0 Å². The number of rotatable bonds is 5. The van der Waals surface area contributed by atoms with Gasteiger partial charge in [-0.2, -0.15) is 0 Å². The number of aromatic nitrogens is 1. The first-order valence-corrected chi connectivity index (χ1v) is 6.48. The second-order valence-corrected chi connectivity index (χ2v) is 5.32. The van der Waals surface area contributed by atoms with Crippen LogP contribution in [0.4, 0.5) is 0 Å². The Balaban J connectivity index is 1.80. The van der Waals surface area contributed by atoms with Crippen molar-refractivity contribution < 1.29 is 4.74 Å². The molecule has 2 rings (SSSR count). The Kier molecular flexibility index (Phi) is 4.05. The molecule has 0 unspecified atom stereocenters. The first-order chi connectivity index (χ1) is 7.66. The van der Waals surface area contributed by atoms with Crippen LogP contribution in [0.15, 0.2) is 16.7 Å². The van der Waals surface area contributed by atoms with Crippen LogP contribution in [0.1, 0.15) is 12.8 Å². The van der Waals surface area contributed by atoms with Crippen LogP contribution in [-0.2, 0) is 0 Å². The molecule has 1 fully saturated rings. The van der Waals surface area contributed by atoms with Crippen LogP contribution >= 0.6 is 27.5 Å². The van der Waals surface area contributed by atoms with E-state index in [1.807, 2.05) is 0 Å². The first-order valence-electron chi connectivity index (χ1n) is 5.31. The normalized spacial score (nSPS) is 15.5. The molecule has 0 amide bonds. The third-order valence-corrected chi connectivity index (χ3v) is 3.33. The number of halogens is 2. The Bertz CT molecular complexity index is 371. The zero-order valence-corrected chi connectivity index (χ0v) is 11.5. The van der Waals surface area contributed by atoms with E-state index in [1.165, 1.54) is 12.8 Å². The van der Waals surface area contributed by atoms with E-state index in [-0.39, 0.29) is 0 Å². The van der Waals surface area contributed by atoms with Gasteiger partial charge in [-0.1, -0.05) is 11.6 Å². The molecule has 0 radical (unpaired) electrons. The molecule has 1 aliphatic rings. The van der Waals surface area contributed by atoms with Crippen LogP contribution in [0.2, 0.25) is 5.02 Å². The Morgan fingerprint density at radius 3 is 3.00 bits per heavy atom. The van der Waals surface area contributed by atoms with Gasteiger partial charge in [-0.05, 0) is 41.9 Å². The zero-order valence-electron chi connectivity index (χ0n) is 9.12. The standard InChI is InChI=1S/C11H14BrClN2O/c1-15(9-2-3-9)4-5-16-11-10(13)6-8(12)7-14-11/h6-7,9H,2-5H2,1H3. The maximum Gasteiger partial charge on any atom is 0.232 e. The molecule has 1 saturated carbocycles. The van der Waals surface area contributed by atoms with E-state index in [9.17, 15) is 0 Å². The first kappa shape index (κ1) is 12.1. The molecule has 1 heterocycles. The highest BCUT2D eigenvalue weighted by atomic mass is 79.9. The monoisotopic (exact) mass is 304 g/mol. The molecule has 1 aliphatic carbocycles. The SMILES string of the molecule is CN(CCOc1ncc(Br)cc1Cl)C1CC1. The van der Waals surface area contributed by atoms with Crippen molar-refractivity contribution in [3.05, 3.63) is 21.8 Å². The van der Waals surface area contributed by atoms with Crippen LogP contribution in [0, 0.1) is 0 Å². The lowest BCUT2D eigenvalue weighted by molar-refractivity contribution is 0.226. The Labute approximate surface area is 109 Å². The lowest BCUT2D eigenvalue weighted by atomic mass is 10.5. The van der Waals surface area contributed by atoms with Gasteiger partial charge in [-0.3, -0.25) is 0 Å². The molecule has 0 spiro atoms. The van der Waals surface area contributed by atoms with Gasteiger partial charge in [0, 0.05) is 23.3 Å². The molecule has 0 aromatic carbocycles. The average Bonchev–Trinajstić information content (AvgIpc) is 3.04. The summed E-state index contributed by atoms with van der Waals surface area (Å²) in [4.78, 5) is 6.43. The number of nitrogens with zero attached hydrogens (tertiary/aromatic N) is 2.